The molecule has 0 saturated heterocycles. The Labute approximate surface area is 95.2 Å². The zero-order valence-corrected chi connectivity index (χ0v) is 9.42. The molecule has 86 valence electrons. The lowest BCUT2D eigenvalue weighted by Gasteiger charge is -2.10. The Morgan fingerprint density at radius 3 is 2.88 bits per heavy atom. The molecule has 0 aliphatic heterocycles. The highest BCUT2D eigenvalue weighted by atomic mass is 16.1. The first kappa shape index (κ1) is 10.8. The molecular formula is C12H17N3O. The molecule has 0 heterocycles. The first-order valence-electron chi connectivity index (χ1n) is 5.56. The fourth-order valence-corrected chi connectivity index (χ4v) is 1.57. The fourth-order valence-electron chi connectivity index (χ4n) is 1.57. The van der Waals surface area contributed by atoms with Crippen LogP contribution in [0.3, 0.4) is 0 Å². The molecule has 0 unspecified atom stereocenters. The van der Waals surface area contributed by atoms with E-state index in [9.17, 15) is 4.79 Å². The number of amides is 1. The van der Waals surface area contributed by atoms with E-state index in [-0.39, 0.29) is 5.91 Å². The lowest BCUT2D eigenvalue weighted by atomic mass is 10.1. The van der Waals surface area contributed by atoms with Gasteiger partial charge in [0, 0.05) is 19.2 Å². The summed E-state index contributed by atoms with van der Waals surface area (Å²) >= 11 is 0. The molecule has 0 aromatic heterocycles. The van der Waals surface area contributed by atoms with Crippen LogP contribution in [0.4, 0.5) is 11.4 Å². The van der Waals surface area contributed by atoms with E-state index in [4.69, 9.17) is 5.73 Å². The van der Waals surface area contributed by atoms with Gasteiger partial charge in [-0.3, -0.25) is 4.79 Å². The molecule has 0 bridgehead atoms. The maximum Gasteiger partial charge on any atom is 0.251 e. The predicted octanol–water partition coefficient (Wildman–Crippen LogP) is 1.45. The Hall–Kier alpha value is -1.71. The standard InChI is InChI=1S/C12H17N3O/c1-14-12(16)9-4-5-10(13)11(6-9)15-7-8-2-3-8/h4-6,8,15H,2-3,7,13H2,1H3,(H,14,16). The van der Waals surface area contributed by atoms with Gasteiger partial charge in [0.25, 0.3) is 5.91 Å². The van der Waals surface area contributed by atoms with Crippen LogP contribution in [0.15, 0.2) is 18.2 Å². The fraction of sp³-hybridized carbons (Fsp3) is 0.417. The summed E-state index contributed by atoms with van der Waals surface area (Å²) in [6.07, 6.45) is 2.59. The van der Waals surface area contributed by atoms with E-state index in [2.05, 4.69) is 10.6 Å². The lowest BCUT2D eigenvalue weighted by molar-refractivity contribution is 0.0963. The zero-order valence-electron chi connectivity index (χ0n) is 9.42. The Bertz CT molecular complexity index is 399. The Morgan fingerprint density at radius 1 is 1.50 bits per heavy atom. The van der Waals surface area contributed by atoms with Crippen molar-refractivity contribution in [1.82, 2.24) is 5.32 Å². The summed E-state index contributed by atoms with van der Waals surface area (Å²) < 4.78 is 0. The van der Waals surface area contributed by atoms with Gasteiger partial charge in [-0.05, 0) is 37.0 Å². The highest BCUT2D eigenvalue weighted by molar-refractivity contribution is 5.96. The number of hydrogen-bond acceptors (Lipinski definition) is 3. The molecular weight excluding hydrogens is 202 g/mol. The minimum Gasteiger partial charge on any atom is -0.397 e. The third-order valence-electron chi connectivity index (χ3n) is 2.82. The molecule has 16 heavy (non-hydrogen) atoms. The number of nitrogen functional groups attached to an aromatic ring is 1. The summed E-state index contributed by atoms with van der Waals surface area (Å²) in [5.41, 5.74) is 8.02. The average Bonchev–Trinajstić information content (AvgIpc) is 3.11. The van der Waals surface area contributed by atoms with Crippen LogP contribution < -0.4 is 16.4 Å². The van der Waals surface area contributed by atoms with Crippen LogP contribution in [-0.2, 0) is 0 Å². The molecule has 1 aromatic carbocycles. The van der Waals surface area contributed by atoms with Gasteiger partial charge < -0.3 is 16.4 Å². The van der Waals surface area contributed by atoms with Crippen molar-refractivity contribution >= 4 is 17.3 Å². The largest absolute Gasteiger partial charge is 0.397 e. The Kier molecular flexibility index (Phi) is 2.99. The number of carbonyl (C=O) groups excluding carboxylic acids is 1. The lowest BCUT2D eigenvalue weighted by Crippen LogP contribution is -2.18. The number of nitrogens with one attached hydrogen (secondary N) is 2. The molecule has 4 nitrogen and oxygen atoms in total. The van der Waals surface area contributed by atoms with Crippen LogP contribution in [0.5, 0.6) is 0 Å². The van der Waals surface area contributed by atoms with Crippen molar-refractivity contribution in [2.24, 2.45) is 5.92 Å². The summed E-state index contributed by atoms with van der Waals surface area (Å²) in [7, 11) is 1.62. The van der Waals surface area contributed by atoms with Crippen molar-refractivity contribution in [3.63, 3.8) is 0 Å². The van der Waals surface area contributed by atoms with Gasteiger partial charge in [-0.25, -0.2) is 0 Å². The summed E-state index contributed by atoms with van der Waals surface area (Å²) in [6.45, 7) is 0.946. The predicted molar refractivity (Wildman–Crippen MR) is 65.5 cm³/mol. The van der Waals surface area contributed by atoms with E-state index in [1.54, 1.807) is 25.2 Å². The van der Waals surface area contributed by atoms with Crippen molar-refractivity contribution in [2.45, 2.75) is 12.8 Å². The van der Waals surface area contributed by atoms with E-state index in [1.807, 2.05) is 0 Å². The Morgan fingerprint density at radius 2 is 2.25 bits per heavy atom. The first-order valence-corrected chi connectivity index (χ1v) is 5.56. The monoisotopic (exact) mass is 219 g/mol. The van der Waals surface area contributed by atoms with E-state index < -0.39 is 0 Å². The molecule has 4 N–H and O–H groups in total. The van der Waals surface area contributed by atoms with Crippen molar-refractivity contribution in [1.29, 1.82) is 0 Å². The summed E-state index contributed by atoms with van der Waals surface area (Å²) in [5.74, 6) is 0.692. The van der Waals surface area contributed by atoms with Crippen LogP contribution in [-0.4, -0.2) is 19.5 Å². The summed E-state index contributed by atoms with van der Waals surface area (Å²) in [4.78, 5) is 11.4. The molecule has 1 aliphatic rings. The quantitative estimate of drug-likeness (QED) is 0.671. The average molecular weight is 219 g/mol. The van der Waals surface area contributed by atoms with E-state index in [0.717, 1.165) is 18.2 Å². The third-order valence-corrected chi connectivity index (χ3v) is 2.82. The van der Waals surface area contributed by atoms with Crippen LogP contribution in [0.1, 0.15) is 23.2 Å². The van der Waals surface area contributed by atoms with Gasteiger partial charge in [0.15, 0.2) is 0 Å². The van der Waals surface area contributed by atoms with Crippen LogP contribution in [0.25, 0.3) is 0 Å². The molecule has 0 spiro atoms. The zero-order chi connectivity index (χ0) is 11.5. The molecule has 1 saturated carbocycles. The van der Waals surface area contributed by atoms with Gasteiger partial charge in [0.1, 0.15) is 0 Å². The number of nitrogens with two attached hydrogens (primary N) is 1. The minimum atomic E-state index is -0.0885. The number of hydrogen-bond donors (Lipinski definition) is 3. The second kappa shape index (κ2) is 4.43. The minimum absolute atomic E-state index is 0.0885. The SMILES string of the molecule is CNC(=O)c1ccc(N)c(NCC2CC2)c1. The second-order valence-corrected chi connectivity index (χ2v) is 4.21. The molecule has 4 heteroatoms. The second-order valence-electron chi connectivity index (χ2n) is 4.21. The van der Waals surface area contributed by atoms with Crippen molar-refractivity contribution in [2.75, 3.05) is 24.6 Å². The molecule has 0 atom stereocenters. The van der Waals surface area contributed by atoms with Crippen LogP contribution in [0.2, 0.25) is 0 Å². The molecule has 1 aliphatic carbocycles. The number of rotatable bonds is 4. The third kappa shape index (κ3) is 2.45. The van der Waals surface area contributed by atoms with Crippen molar-refractivity contribution in [3.05, 3.63) is 23.8 Å². The maximum atomic E-state index is 11.4. The maximum absolute atomic E-state index is 11.4. The molecule has 2 rings (SSSR count). The number of carbonyl (C=O) groups is 1. The molecule has 1 fully saturated rings. The normalized spacial score (nSPS) is 14.6. The number of benzene rings is 1. The molecule has 1 aromatic rings. The van der Waals surface area contributed by atoms with Gasteiger partial charge in [-0.15, -0.1) is 0 Å². The highest BCUT2D eigenvalue weighted by Crippen LogP contribution is 2.30. The smallest absolute Gasteiger partial charge is 0.251 e. The van der Waals surface area contributed by atoms with E-state index in [1.165, 1.54) is 12.8 Å². The van der Waals surface area contributed by atoms with Crippen LogP contribution >= 0.6 is 0 Å². The highest BCUT2D eigenvalue weighted by Gasteiger charge is 2.21. The van der Waals surface area contributed by atoms with Gasteiger partial charge in [-0.2, -0.15) is 0 Å². The molecule has 0 radical (unpaired) electrons. The van der Waals surface area contributed by atoms with Gasteiger partial charge in [0.2, 0.25) is 0 Å². The first-order chi connectivity index (χ1) is 7.70. The van der Waals surface area contributed by atoms with Gasteiger partial charge in [-0.1, -0.05) is 0 Å². The summed E-state index contributed by atoms with van der Waals surface area (Å²) in [6, 6.07) is 5.30. The topological polar surface area (TPSA) is 67.2 Å². The van der Waals surface area contributed by atoms with Gasteiger partial charge in [0.05, 0.1) is 11.4 Å². The van der Waals surface area contributed by atoms with E-state index >= 15 is 0 Å². The van der Waals surface area contributed by atoms with E-state index in [0.29, 0.717) is 11.3 Å². The Balaban J connectivity index is 2.11. The summed E-state index contributed by atoms with van der Waals surface area (Å²) in [5, 5.41) is 5.89. The van der Waals surface area contributed by atoms with Gasteiger partial charge >= 0.3 is 0 Å². The van der Waals surface area contributed by atoms with Crippen LogP contribution in [0, 0.1) is 5.92 Å². The molecule has 1 amide bonds. The van der Waals surface area contributed by atoms with Crippen molar-refractivity contribution < 1.29 is 4.79 Å². The number of anilines is 2. The van der Waals surface area contributed by atoms with Crippen molar-refractivity contribution in [3.8, 4) is 0 Å².